The van der Waals surface area contributed by atoms with Crippen molar-refractivity contribution in [3.8, 4) is 11.5 Å². The van der Waals surface area contributed by atoms with Crippen LogP contribution in [0.1, 0.15) is 28.6 Å². The van der Waals surface area contributed by atoms with Gasteiger partial charge in [0.15, 0.2) is 0 Å². The average molecular weight is 289 g/mol. The molecule has 0 bridgehead atoms. The first-order chi connectivity index (χ1) is 9.97. The standard InChI is InChI=1S/C16H23N3O2/c1-10-11(2)18-19(12(10)3)9-15(17)14-7-6-13(20-4)8-16(14)21-5/h6-8,15H,9,17H2,1-5H3. The van der Waals surface area contributed by atoms with Gasteiger partial charge in [-0.25, -0.2) is 0 Å². The molecular weight excluding hydrogens is 266 g/mol. The van der Waals surface area contributed by atoms with E-state index >= 15 is 0 Å². The number of hydrogen-bond donors (Lipinski definition) is 1. The number of aryl methyl sites for hydroxylation is 1. The molecule has 0 amide bonds. The Kier molecular flexibility index (Phi) is 4.53. The maximum Gasteiger partial charge on any atom is 0.127 e. The Balaban J connectivity index is 2.27. The van der Waals surface area contributed by atoms with Crippen LogP contribution in [0.15, 0.2) is 18.2 Å². The summed E-state index contributed by atoms with van der Waals surface area (Å²) < 4.78 is 12.6. The van der Waals surface area contributed by atoms with Gasteiger partial charge in [-0.2, -0.15) is 5.10 Å². The molecule has 0 aliphatic rings. The van der Waals surface area contributed by atoms with Crippen LogP contribution in [0.3, 0.4) is 0 Å². The topological polar surface area (TPSA) is 62.3 Å². The van der Waals surface area contributed by atoms with Gasteiger partial charge in [-0.05, 0) is 32.4 Å². The molecule has 0 radical (unpaired) electrons. The van der Waals surface area contributed by atoms with E-state index in [1.807, 2.05) is 29.8 Å². The summed E-state index contributed by atoms with van der Waals surface area (Å²) in [7, 11) is 3.27. The third-order valence-corrected chi connectivity index (χ3v) is 3.95. The molecule has 2 rings (SSSR count). The van der Waals surface area contributed by atoms with Gasteiger partial charge in [-0.15, -0.1) is 0 Å². The molecule has 2 N–H and O–H groups in total. The first-order valence-corrected chi connectivity index (χ1v) is 6.96. The van der Waals surface area contributed by atoms with Crippen molar-refractivity contribution in [3.63, 3.8) is 0 Å². The third-order valence-electron chi connectivity index (χ3n) is 3.95. The fraction of sp³-hybridized carbons (Fsp3) is 0.438. The fourth-order valence-corrected chi connectivity index (χ4v) is 2.37. The van der Waals surface area contributed by atoms with Crippen molar-refractivity contribution in [1.29, 1.82) is 0 Å². The summed E-state index contributed by atoms with van der Waals surface area (Å²) in [5.41, 5.74) is 10.7. The number of ether oxygens (including phenoxy) is 2. The molecule has 2 aromatic rings. The molecule has 5 nitrogen and oxygen atoms in total. The van der Waals surface area contributed by atoms with Gasteiger partial charge in [-0.1, -0.05) is 6.07 Å². The van der Waals surface area contributed by atoms with Crippen LogP contribution in [0.5, 0.6) is 11.5 Å². The number of methoxy groups -OCH3 is 2. The lowest BCUT2D eigenvalue weighted by atomic mass is 10.1. The highest BCUT2D eigenvalue weighted by Crippen LogP contribution is 2.29. The highest BCUT2D eigenvalue weighted by molar-refractivity contribution is 5.42. The van der Waals surface area contributed by atoms with Crippen LogP contribution in [0.2, 0.25) is 0 Å². The number of nitrogens with zero attached hydrogens (tertiary/aromatic N) is 2. The van der Waals surface area contributed by atoms with Crippen LogP contribution in [-0.2, 0) is 6.54 Å². The van der Waals surface area contributed by atoms with Crippen LogP contribution in [0, 0.1) is 20.8 Å². The maximum atomic E-state index is 6.34. The SMILES string of the molecule is COc1ccc(C(N)Cn2nc(C)c(C)c2C)c(OC)c1. The summed E-state index contributed by atoms with van der Waals surface area (Å²) in [5.74, 6) is 1.49. The molecule has 21 heavy (non-hydrogen) atoms. The van der Waals surface area contributed by atoms with Crippen molar-refractivity contribution >= 4 is 0 Å². The number of nitrogens with two attached hydrogens (primary N) is 1. The summed E-state index contributed by atoms with van der Waals surface area (Å²) in [5, 5.41) is 4.54. The zero-order valence-electron chi connectivity index (χ0n) is 13.3. The third kappa shape index (κ3) is 3.03. The normalized spacial score (nSPS) is 12.3. The second-order valence-electron chi connectivity index (χ2n) is 5.19. The number of hydrogen-bond acceptors (Lipinski definition) is 4. The van der Waals surface area contributed by atoms with Crippen LogP contribution in [0.25, 0.3) is 0 Å². The van der Waals surface area contributed by atoms with Gasteiger partial charge < -0.3 is 15.2 Å². The van der Waals surface area contributed by atoms with E-state index in [4.69, 9.17) is 15.2 Å². The molecule has 0 fully saturated rings. The minimum absolute atomic E-state index is 0.191. The predicted octanol–water partition coefficient (Wildman–Crippen LogP) is 2.53. The smallest absolute Gasteiger partial charge is 0.127 e. The molecule has 0 spiro atoms. The monoisotopic (exact) mass is 289 g/mol. The molecule has 5 heteroatoms. The summed E-state index contributed by atoms with van der Waals surface area (Å²) in [6, 6.07) is 5.50. The summed E-state index contributed by atoms with van der Waals surface area (Å²) in [6.45, 7) is 6.77. The van der Waals surface area contributed by atoms with E-state index in [0.29, 0.717) is 6.54 Å². The maximum absolute atomic E-state index is 6.34. The lowest BCUT2D eigenvalue weighted by molar-refractivity contribution is 0.384. The van der Waals surface area contributed by atoms with E-state index < -0.39 is 0 Å². The minimum Gasteiger partial charge on any atom is -0.497 e. The molecule has 1 unspecified atom stereocenters. The summed E-state index contributed by atoms with van der Waals surface area (Å²) >= 11 is 0. The van der Waals surface area contributed by atoms with E-state index in [2.05, 4.69) is 18.9 Å². The van der Waals surface area contributed by atoms with Gasteiger partial charge in [-0.3, -0.25) is 4.68 Å². The van der Waals surface area contributed by atoms with Crippen molar-refractivity contribution in [3.05, 3.63) is 40.7 Å². The fourth-order valence-electron chi connectivity index (χ4n) is 2.37. The van der Waals surface area contributed by atoms with Gasteiger partial charge in [0.2, 0.25) is 0 Å². The van der Waals surface area contributed by atoms with Gasteiger partial charge in [0.05, 0.1) is 32.5 Å². The van der Waals surface area contributed by atoms with Gasteiger partial charge in [0, 0.05) is 17.3 Å². The second kappa shape index (κ2) is 6.18. The Morgan fingerprint density at radius 3 is 2.43 bits per heavy atom. The number of aromatic nitrogens is 2. The van der Waals surface area contributed by atoms with Crippen LogP contribution in [-0.4, -0.2) is 24.0 Å². The first-order valence-electron chi connectivity index (χ1n) is 6.96. The lowest BCUT2D eigenvalue weighted by Gasteiger charge is -2.17. The molecule has 0 aliphatic heterocycles. The van der Waals surface area contributed by atoms with Gasteiger partial charge >= 0.3 is 0 Å². The van der Waals surface area contributed by atoms with Crippen molar-refractivity contribution in [2.45, 2.75) is 33.4 Å². The highest BCUT2D eigenvalue weighted by atomic mass is 16.5. The van der Waals surface area contributed by atoms with Crippen LogP contribution < -0.4 is 15.2 Å². The van der Waals surface area contributed by atoms with E-state index in [1.165, 1.54) is 5.56 Å². The predicted molar refractivity (Wildman–Crippen MR) is 82.9 cm³/mol. The Morgan fingerprint density at radius 1 is 1.19 bits per heavy atom. The molecular formula is C16H23N3O2. The van der Waals surface area contributed by atoms with E-state index in [1.54, 1.807) is 14.2 Å². The molecule has 1 aromatic carbocycles. The Morgan fingerprint density at radius 2 is 1.90 bits per heavy atom. The molecule has 114 valence electrons. The Hall–Kier alpha value is -2.01. The van der Waals surface area contributed by atoms with E-state index in [0.717, 1.165) is 28.5 Å². The molecule has 0 aliphatic carbocycles. The molecule has 1 aromatic heterocycles. The van der Waals surface area contributed by atoms with E-state index in [-0.39, 0.29) is 6.04 Å². The average Bonchev–Trinajstić information content (AvgIpc) is 2.73. The van der Waals surface area contributed by atoms with Crippen molar-refractivity contribution < 1.29 is 9.47 Å². The molecule has 0 saturated heterocycles. The van der Waals surface area contributed by atoms with Crippen LogP contribution in [0.4, 0.5) is 0 Å². The minimum atomic E-state index is -0.191. The van der Waals surface area contributed by atoms with Crippen LogP contribution >= 0.6 is 0 Å². The Labute approximate surface area is 125 Å². The molecule has 0 saturated carbocycles. The molecule has 1 heterocycles. The molecule has 1 atom stereocenters. The van der Waals surface area contributed by atoms with Crippen molar-refractivity contribution in [2.24, 2.45) is 5.73 Å². The summed E-state index contributed by atoms with van der Waals surface area (Å²) in [6.07, 6.45) is 0. The zero-order chi connectivity index (χ0) is 15.6. The quantitative estimate of drug-likeness (QED) is 0.918. The van der Waals surface area contributed by atoms with Gasteiger partial charge in [0.25, 0.3) is 0 Å². The number of rotatable bonds is 5. The summed E-state index contributed by atoms with van der Waals surface area (Å²) in [4.78, 5) is 0. The Bertz CT molecular complexity index is 635. The second-order valence-corrected chi connectivity index (χ2v) is 5.19. The largest absolute Gasteiger partial charge is 0.497 e. The van der Waals surface area contributed by atoms with Crippen molar-refractivity contribution in [2.75, 3.05) is 14.2 Å². The van der Waals surface area contributed by atoms with E-state index in [9.17, 15) is 0 Å². The highest BCUT2D eigenvalue weighted by Gasteiger charge is 2.16. The lowest BCUT2D eigenvalue weighted by Crippen LogP contribution is -2.20. The zero-order valence-corrected chi connectivity index (χ0v) is 13.3. The first kappa shape index (κ1) is 15.4. The van der Waals surface area contributed by atoms with Gasteiger partial charge in [0.1, 0.15) is 11.5 Å². The number of benzene rings is 1. The van der Waals surface area contributed by atoms with Crippen molar-refractivity contribution in [1.82, 2.24) is 9.78 Å².